The van der Waals surface area contributed by atoms with Crippen LogP contribution in [-0.2, 0) is 11.4 Å². The van der Waals surface area contributed by atoms with Crippen molar-refractivity contribution in [2.24, 2.45) is 5.92 Å². The molecular formula is C23H19N5O4. The van der Waals surface area contributed by atoms with Gasteiger partial charge in [0, 0.05) is 23.2 Å². The number of anilines is 1. The van der Waals surface area contributed by atoms with Gasteiger partial charge >= 0.3 is 5.97 Å². The molecule has 0 bridgehead atoms. The second kappa shape index (κ2) is 8.10. The number of carboxylic acid groups (broad SMARTS) is 1. The summed E-state index contributed by atoms with van der Waals surface area (Å²) in [5.74, 6) is -0.0415. The molecule has 4 aromatic rings. The molecule has 0 atom stereocenters. The summed E-state index contributed by atoms with van der Waals surface area (Å²) in [5, 5.41) is 16.1. The number of hydrogen-bond donors (Lipinski definition) is 2. The summed E-state index contributed by atoms with van der Waals surface area (Å²) in [4.78, 5) is 31.2. The van der Waals surface area contributed by atoms with E-state index in [9.17, 15) is 9.59 Å². The van der Waals surface area contributed by atoms with Crippen LogP contribution in [0.4, 0.5) is 5.95 Å². The van der Waals surface area contributed by atoms with Gasteiger partial charge in [0.1, 0.15) is 18.1 Å². The number of carboxylic acids is 1. The van der Waals surface area contributed by atoms with Crippen LogP contribution in [0.1, 0.15) is 28.9 Å². The first-order chi connectivity index (χ1) is 15.6. The first kappa shape index (κ1) is 19.7. The van der Waals surface area contributed by atoms with Gasteiger partial charge in [-0.25, -0.2) is 14.3 Å². The van der Waals surface area contributed by atoms with Gasteiger partial charge < -0.3 is 9.84 Å². The van der Waals surface area contributed by atoms with E-state index in [-0.39, 0.29) is 24.1 Å². The first-order valence-corrected chi connectivity index (χ1v) is 10.1. The zero-order chi connectivity index (χ0) is 22.1. The fourth-order valence-corrected chi connectivity index (χ4v) is 3.26. The lowest BCUT2D eigenvalue weighted by atomic mass is 10.1. The van der Waals surface area contributed by atoms with Gasteiger partial charge in [-0.15, -0.1) is 5.10 Å². The number of carbonyl (C=O) groups is 2. The molecule has 160 valence electrons. The number of ether oxygens (including phenoxy) is 1. The number of nitrogens with zero attached hydrogens (tertiary/aromatic N) is 4. The molecule has 0 aliphatic heterocycles. The number of carbonyl (C=O) groups excluding carboxylic acids is 1. The molecule has 1 aliphatic rings. The Morgan fingerprint density at radius 3 is 2.59 bits per heavy atom. The van der Waals surface area contributed by atoms with Crippen molar-refractivity contribution in [3.05, 3.63) is 72.1 Å². The summed E-state index contributed by atoms with van der Waals surface area (Å²) in [7, 11) is 0. The van der Waals surface area contributed by atoms with Gasteiger partial charge in [0.15, 0.2) is 5.65 Å². The Morgan fingerprint density at radius 2 is 1.91 bits per heavy atom. The number of pyridine rings is 2. The fraction of sp³-hybridized carbons (Fsp3) is 0.174. The van der Waals surface area contributed by atoms with Crippen molar-refractivity contribution in [3.8, 4) is 17.0 Å². The molecule has 2 N–H and O–H groups in total. The number of aromatic nitrogens is 4. The van der Waals surface area contributed by atoms with Gasteiger partial charge in [0.2, 0.25) is 11.9 Å². The summed E-state index contributed by atoms with van der Waals surface area (Å²) in [6.45, 7) is 0.273. The van der Waals surface area contributed by atoms with E-state index in [0.717, 1.165) is 29.7 Å². The quantitative estimate of drug-likeness (QED) is 0.462. The van der Waals surface area contributed by atoms with Crippen LogP contribution in [0.2, 0.25) is 0 Å². The Hall–Kier alpha value is -4.27. The lowest BCUT2D eigenvalue weighted by Crippen LogP contribution is -2.14. The third-order valence-electron chi connectivity index (χ3n) is 5.14. The predicted molar refractivity (Wildman–Crippen MR) is 115 cm³/mol. The topological polar surface area (TPSA) is 119 Å². The third kappa shape index (κ3) is 4.13. The van der Waals surface area contributed by atoms with Crippen LogP contribution in [0.3, 0.4) is 0 Å². The van der Waals surface area contributed by atoms with Crippen LogP contribution in [0, 0.1) is 5.92 Å². The smallest absolute Gasteiger partial charge is 0.354 e. The molecule has 9 heteroatoms. The van der Waals surface area contributed by atoms with Crippen molar-refractivity contribution in [2.75, 3.05) is 5.32 Å². The lowest BCUT2D eigenvalue weighted by Gasteiger charge is -2.08. The Labute approximate surface area is 182 Å². The number of amides is 1. The zero-order valence-electron chi connectivity index (χ0n) is 16.9. The van der Waals surface area contributed by atoms with E-state index in [4.69, 9.17) is 9.84 Å². The fourth-order valence-electron chi connectivity index (χ4n) is 3.26. The van der Waals surface area contributed by atoms with Crippen molar-refractivity contribution in [2.45, 2.75) is 19.4 Å². The Morgan fingerprint density at radius 1 is 1.09 bits per heavy atom. The second-order valence-corrected chi connectivity index (χ2v) is 7.55. The molecule has 32 heavy (non-hydrogen) atoms. The highest BCUT2D eigenvalue weighted by molar-refractivity contribution is 5.92. The van der Waals surface area contributed by atoms with Gasteiger partial charge in [0.05, 0.1) is 5.69 Å². The highest BCUT2D eigenvalue weighted by Crippen LogP contribution is 2.30. The van der Waals surface area contributed by atoms with Crippen LogP contribution in [-0.4, -0.2) is 36.6 Å². The highest BCUT2D eigenvalue weighted by Gasteiger charge is 2.30. The van der Waals surface area contributed by atoms with E-state index in [0.29, 0.717) is 17.3 Å². The number of rotatable bonds is 7. The number of fused-ring (bicyclic) bond motifs is 1. The SMILES string of the molecule is O=C(O)c1ccc(COc2ccc(-c3cccc4nc(NC(=O)C5CC5)nn34)cc2)cn1. The van der Waals surface area contributed by atoms with E-state index in [1.807, 2.05) is 42.5 Å². The van der Waals surface area contributed by atoms with Crippen molar-refractivity contribution in [1.82, 2.24) is 19.6 Å². The van der Waals surface area contributed by atoms with Gasteiger partial charge in [0.25, 0.3) is 0 Å². The second-order valence-electron chi connectivity index (χ2n) is 7.55. The summed E-state index contributed by atoms with van der Waals surface area (Å²) in [6.07, 6.45) is 3.33. The molecule has 1 amide bonds. The van der Waals surface area contributed by atoms with Crippen molar-refractivity contribution >= 4 is 23.5 Å². The Balaban J connectivity index is 1.30. The van der Waals surface area contributed by atoms with Crippen LogP contribution >= 0.6 is 0 Å². The largest absolute Gasteiger partial charge is 0.489 e. The lowest BCUT2D eigenvalue weighted by molar-refractivity contribution is -0.117. The van der Waals surface area contributed by atoms with E-state index in [1.54, 1.807) is 10.6 Å². The summed E-state index contributed by atoms with van der Waals surface area (Å²) < 4.78 is 7.48. The molecule has 1 aliphatic carbocycles. The molecule has 3 heterocycles. The van der Waals surface area contributed by atoms with Gasteiger partial charge in [-0.1, -0.05) is 12.1 Å². The van der Waals surface area contributed by atoms with Crippen molar-refractivity contribution in [3.63, 3.8) is 0 Å². The monoisotopic (exact) mass is 429 g/mol. The van der Waals surface area contributed by atoms with Gasteiger partial charge in [-0.3, -0.25) is 10.1 Å². The molecule has 0 unspecified atom stereocenters. The number of aromatic carboxylic acids is 1. The minimum atomic E-state index is -1.06. The van der Waals surface area contributed by atoms with Crippen LogP contribution in [0.15, 0.2) is 60.8 Å². The molecule has 0 radical (unpaired) electrons. The van der Waals surface area contributed by atoms with E-state index in [2.05, 4.69) is 20.4 Å². The molecule has 9 nitrogen and oxygen atoms in total. The van der Waals surface area contributed by atoms with Crippen molar-refractivity contribution < 1.29 is 19.4 Å². The van der Waals surface area contributed by atoms with Crippen LogP contribution < -0.4 is 10.1 Å². The summed E-state index contributed by atoms with van der Waals surface area (Å²) in [5.41, 5.74) is 3.16. The van der Waals surface area contributed by atoms with E-state index < -0.39 is 5.97 Å². The van der Waals surface area contributed by atoms with E-state index in [1.165, 1.54) is 12.3 Å². The van der Waals surface area contributed by atoms with Crippen molar-refractivity contribution in [1.29, 1.82) is 0 Å². The number of benzene rings is 1. The molecule has 5 rings (SSSR count). The zero-order valence-corrected chi connectivity index (χ0v) is 16.9. The number of hydrogen-bond acceptors (Lipinski definition) is 6. The van der Waals surface area contributed by atoms with Crippen LogP contribution in [0.5, 0.6) is 5.75 Å². The standard InChI is InChI=1S/C23H19N5O4/c29-21(16-5-6-16)26-23-25-20-3-1-2-19(28(20)27-23)15-7-9-17(10-8-15)32-13-14-4-11-18(22(30)31)24-12-14/h1-4,7-12,16H,5-6,13H2,(H,30,31)(H,26,27,29). The molecule has 1 saturated carbocycles. The van der Waals surface area contributed by atoms with E-state index >= 15 is 0 Å². The molecule has 1 aromatic carbocycles. The van der Waals surface area contributed by atoms with Crippen LogP contribution in [0.25, 0.3) is 16.9 Å². The van der Waals surface area contributed by atoms with Gasteiger partial charge in [-0.05, 0) is 55.3 Å². The van der Waals surface area contributed by atoms with Gasteiger partial charge in [-0.2, -0.15) is 4.98 Å². The average Bonchev–Trinajstić information content (AvgIpc) is 3.58. The maximum absolute atomic E-state index is 12.0. The maximum atomic E-state index is 12.0. The molecule has 1 fully saturated rings. The molecule has 3 aromatic heterocycles. The summed E-state index contributed by atoms with van der Waals surface area (Å²) >= 11 is 0. The Kier molecular flexibility index (Phi) is 4.98. The minimum absolute atomic E-state index is 0.00403. The molecule has 0 spiro atoms. The molecule has 0 saturated heterocycles. The Bertz CT molecular complexity index is 1290. The minimum Gasteiger partial charge on any atom is -0.489 e. The predicted octanol–water partition coefficient (Wildman–Crippen LogP) is 3.42. The number of nitrogens with one attached hydrogen (secondary N) is 1. The maximum Gasteiger partial charge on any atom is 0.354 e. The third-order valence-corrected chi connectivity index (χ3v) is 5.14. The summed E-state index contributed by atoms with van der Waals surface area (Å²) in [6, 6.07) is 16.3. The highest BCUT2D eigenvalue weighted by atomic mass is 16.5. The average molecular weight is 429 g/mol. The first-order valence-electron chi connectivity index (χ1n) is 10.1. The normalized spacial score (nSPS) is 13.1. The molecular weight excluding hydrogens is 410 g/mol.